The summed E-state index contributed by atoms with van der Waals surface area (Å²) < 4.78 is 24.4. The van der Waals surface area contributed by atoms with Crippen molar-refractivity contribution in [1.82, 2.24) is 9.88 Å². The Kier molecular flexibility index (Phi) is 5.05. The number of nitrogens with zero attached hydrogens (tertiary/aromatic N) is 2. The number of aliphatic hydroxyl groups is 1. The van der Waals surface area contributed by atoms with Crippen molar-refractivity contribution in [2.24, 2.45) is 0 Å². The molecule has 1 aliphatic heterocycles. The first-order valence-electron chi connectivity index (χ1n) is 9.06. The smallest absolute Gasteiger partial charge is 0.296 e. The summed E-state index contributed by atoms with van der Waals surface area (Å²) in [5.41, 5.74) is 0.497. The van der Waals surface area contributed by atoms with Gasteiger partial charge in [-0.2, -0.15) is 0 Å². The van der Waals surface area contributed by atoms with E-state index in [-0.39, 0.29) is 23.4 Å². The van der Waals surface area contributed by atoms with Gasteiger partial charge >= 0.3 is 0 Å². The SMILES string of the molecule is COc1ccc(/C(O)=C2/C(=O)C(=O)N(Cc3ccco3)C2c2ccncc2)cc1F. The number of Topliss-reactive ketones (excluding diaryl/α,β-unsaturated/α-hetero) is 1. The van der Waals surface area contributed by atoms with Gasteiger partial charge in [-0.15, -0.1) is 0 Å². The second-order valence-electron chi connectivity index (χ2n) is 6.64. The quantitative estimate of drug-likeness (QED) is 0.395. The molecule has 1 fully saturated rings. The third-order valence-corrected chi connectivity index (χ3v) is 4.89. The molecule has 1 amide bonds. The van der Waals surface area contributed by atoms with E-state index in [0.717, 1.165) is 6.07 Å². The summed E-state index contributed by atoms with van der Waals surface area (Å²) in [6.07, 6.45) is 4.51. The minimum atomic E-state index is -0.886. The number of likely N-dealkylation sites (tertiary alicyclic amines) is 1. The fourth-order valence-electron chi connectivity index (χ4n) is 3.47. The largest absolute Gasteiger partial charge is 0.507 e. The number of aliphatic hydroxyl groups excluding tert-OH is 1. The van der Waals surface area contributed by atoms with Gasteiger partial charge in [-0.25, -0.2) is 4.39 Å². The molecule has 1 N–H and O–H groups in total. The Bertz CT molecular complexity index is 1130. The minimum Gasteiger partial charge on any atom is -0.507 e. The van der Waals surface area contributed by atoms with Crippen molar-refractivity contribution >= 4 is 17.4 Å². The summed E-state index contributed by atoms with van der Waals surface area (Å²) in [5.74, 6) is -2.35. The molecule has 0 radical (unpaired) electrons. The maximum atomic E-state index is 14.2. The van der Waals surface area contributed by atoms with Crippen molar-refractivity contribution in [3.05, 3.63) is 89.4 Å². The van der Waals surface area contributed by atoms with Crippen LogP contribution in [0.25, 0.3) is 5.76 Å². The molecule has 2 aromatic heterocycles. The van der Waals surface area contributed by atoms with Gasteiger partial charge in [0.25, 0.3) is 11.7 Å². The van der Waals surface area contributed by atoms with Gasteiger partial charge in [-0.1, -0.05) is 0 Å². The fourth-order valence-corrected chi connectivity index (χ4v) is 3.47. The lowest BCUT2D eigenvalue weighted by Gasteiger charge is -2.24. The van der Waals surface area contributed by atoms with Crippen LogP contribution in [0.5, 0.6) is 5.75 Å². The molecule has 1 aromatic carbocycles. The van der Waals surface area contributed by atoms with Crippen molar-refractivity contribution in [2.75, 3.05) is 7.11 Å². The predicted molar refractivity (Wildman–Crippen MR) is 104 cm³/mol. The molecule has 0 aliphatic carbocycles. The molecule has 7 nitrogen and oxygen atoms in total. The number of furan rings is 1. The number of ether oxygens (including phenoxy) is 1. The normalized spacial score (nSPS) is 18.1. The van der Waals surface area contributed by atoms with E-state index in [1.807, 2.05) is 0 Å². The number of carbonyl (C=O) groups is 2. The molecule has 1 atom stereocenters. The zero-order chi connectivity index (χ0) is 21.3. The van der Waals surface area contributed by atoms with E-state index >= 15 is 0 Å². The molecule has 30 heavy (non-hydrogen) atoms. The van der Waals surface area contributed by atoms with Crippen LogP contribution in [0.3, 0.4) is 0 Å². The number of hydrogen-bond donors (Lipinski definition) is 1. The number of amides is 1. The summed E-state index contributed by atoms with van der Waals surface area (Å²) in [7, 11) is 1.32. The van der Waals surface area contributed by atoms with Gasteiger partial charge in [0.1, 0.15) is 11.5 Å². The molecule has 152 valence electrons. The summed E-state index contributed by atoms with van der Waals surface area (Å²) in [6, 6.07) is 9.57. The summed E-state index contributed by atoms with van der Waals surface area (Å²) in [6.45, 7) is 0.0261. The van der Waals surface area contributed by atoms with Gasteiger partial charge in [0.2, 0.25) is 0 Å². The highest BCUT2D eigenvalue weighted by Crippen LogP contribution is 2.40. The lowest BCUT2D eigenvalue weighted by molar-refractivity contribution is -0.140. The molecule has 4 rings (SSSR count). The predicted octanol–water partition coefficient (Wildman–Crippen LogP) is 3.44. The van der Waals surface area contributed by atoms with Crippen LogP contribution in [-0.4, -0.2) is 33.8 Å². The molecule has 8 heteroatoms. The number of hydrogen-bond acceptors (Lipinski definition) is 6. The van der Waals surface area contributed by atoms with Crippen LogP contribution < -0.4 is 4.74 Å². The van der Waals surface area contributed by atoms with Crippen LogP contribution in [0.1, 0.15) is 22.9 Å². The van der Waals surface area contributed by atoms with E-state index in [2.05, 4.69) is 4.98 Å². The zero-order valence-electron chi connectivity index (χ0n) is 15.9. The summed E-state index contributed by atoms with van der Waals surface area (Å²) in [4.78, 5) is 31.0. The third-order valence-electron chi connectivity index (χ3n) is 4.89. The molecule has 0 saturated carbocycles. The van der Waals surface area contributed by atoms with Crippen LogP contribution in [0.4, 0.5) is 4.39 Å². The standard InChI is InChI=1S/C22H17FN2O5/c1-29-17-5-4-14(11-16(17)23)20(26)18-19(13-6-8-24-9-7-13)25(22(28)21(18)27)12-15-3-2-10-30-15/h2-11,19,26H,12H2,1H3/b20-18-. The molecule has 1 aliphatic rings. The van der Waals surface area contributed by atoms with Crippen molar-refractivity contribution < 1.29 is 28.2 Å². The number of ketones is 1. The first kappa shape index (κ1) is 19.4. The van der Waals surface area contributed by atoms with Crippen molar-refractivity contribution in [1.29, 1.82) is 0 Å². The fraction of sp³-hybridized carbons (Fsp3) is 0.136. The Labute approximate surface area is 171 Å². The number of carbonyl (C=O) groups excluding carboxylic acids is 2. The van der Waals surface area contributed by atoms with Gasteiger partial charge in [0.15, 0.2) is 11.6 Å². The van der Waals surface area contributed by atoms with Crippen molar-refractivity contribution in [3.63, 3.8) is 0 Å². The molecule has 1 saturated heterocycles. The molecule has 3 heterocycles. The topological polar surface area (TPSA) is 92.9 Å². The van der Waals surface area contributed by atoms with Crippen LogP contribution in [0.15, 0.2) is 71.1 Å². The Morgan fingerprint density at radius 2 is 2.00 bits per heavy atom. The number of halogens is 1. The number of benzene rings is 1. The van der Waals surface area contributed by atoms with Gasteiger partial charge in [-0.3, -0.25) is 14.6 Å². The maximum absolute atomic E-state index is 14.2. The van der Waals surface area contributed by atoms with Crippen LogP contribution in [0, 0.1) is 5.82 Å². The third kappa shape index (κ3) is 3.32. The molecule has 0 spiro atoms. The van der Waals surface area contributed by atoms with E-state index in [0.29, 0.717) is 11.3 Å². The first-order valence-corrected chi connectivity index (χ1v) is 9.06. The molecule has 3 aromatic rings. The summed E-state index contributed by atoms with van der Waals surface area (Å²) in [5, 5.41) is 10.9. The number of pyridine rings is 1. The van der Waals surface area contributed by atoms with Crippen LogP contribution in [0.2, 0.25) is 0 Å². The highest BCUT2D eigenvalue weighted by atomic mass is 19.1. The van der Waals surface area contributed by atoms with E-state index in [1.54, 1.807) is 24.3 Å². The van der Waals surface area contributed by atoms with E-state index in [9.17, 15) is 19.1 Å². The highest BCUT2D eigenvalue weighted by Gasteiger charge is 2.46. The van der Waals surface area contributed by atoms with Gasteiger partial charge < -0.3 is 19.2 Å². The van der Waals surface area contributed by atoms with Gasteiger partial charge in [-0.05, 0) is 48.0 Å². The van der Waals surface area contributed by atoms with Gasteiger partial charge in [0.05, 0.1) is 31.5 Å². The first-order chi connectivity index (χ1) is 14.5. The summed E-state index contributed by atoms with van der Waals surface area (Å²) >= 11 is 0. The van der Waals surface area contributed by atoms with Crippen LogP contribution in [-0.2, 0) is 16.1 Å². The van der Waals surface area contributed by atoms with Gasteiger partial charge in [0, 0.05) is 18.0 Å². The number of methoxy groups -OCH3 is 1. The Morgan fingerprint density at radius 3 is 2.63 bits per heavy atom. The second-order valence-corrected chi connectivity index (χ2v) is 6.64. The van der Waals surface area contributed by atoms with Crippen molar-refractivity contribution in [2.45, 2.75) is 12.6 Å². The van der Waals surface area contributed by atoms with E-state index in [1.165, 1.54) is 42.8 Å². The minimum absolute atomic E-state index is 0.00416. The molecule has 1 unspecified atom stereocenters. The maximum Gasteiger partial charge on any atom is 0.296 e. The monoisotopic (exact) mass is 408 g/mol. The lowest BCUT2D eigenvalue weighted by atomic mass is 9.96. The molecule has 0 bridgehead atoms. The number of aromatic nitrogens is 1. The van der Waals surface area contributed by atoms with E-state index in [4.69, 9.17) is 9.15 Å². The molecular formula is C22H17FN2O5. The average molecular weight is 408 g/mol. The van der Waals surface area contributed by atoms with E-state index < -0.39 is 29.3 Å². The Morgan fingerprint density at radius 1 is 1.23 bits per heavy atom. The second kappa shape index (κ2) is 7.82. The lowest BCUT2D eigenvalue weighted by Crippen LogP contribution is -2.29. The highest BCUT2D eigenvalue weighted by molar-refractivity contribution is 6.46. The Balaban J connectivity index is 1.85. The number of rotatable bonds is 5. The zero-order valence-corrected chi connectivity index (χ0v) is 15.9. The Hall–Kier alpha value is -3.94. The van der Waals surface area contributed by atoms with Crippen molar-refractivity contribution in [3.8, 4) is 5.75 Å². The van der Waals surface area contributed by atoms with Crippen LogP contribution >= 0.6 is 0 Å². The average Bonchev–Trinajstić information content (AvgIpc) is 3.36. The molecular weight excluding hydrogens is 391 g/mol.